The van der Waals surface area contributed by atoms with Gasteiger partial charge in [0, 0.05) is 24.2 Å². The molecule has 0 radical (unpaired) electrons. The van der Waals surface area contributed by atoms with Gasteiger partial charge in [0.25, 0.3) is 5.91 Å². The summed E-state index contributed by atoms with van der Waals surface area (Å²) in [6.07, 6.45) is 0.0935. The van der Waals surface area contributed by atoms with Gasteiger partial charge < -0.3 is 14.4 Å². The van der Waals surface area contributed by atoms with E-state index >= 15 is 0 Å². The largest absolute Gasteiger partial charge is 0.489 e. The van der Waals surface area contributed by atoms with Gasteiger partial charge in [0.1, 0.15) is 12.4 Å². The van der Waals surface area contributed by atoms with Gasteiger partial charge in [0.2, 0.25) is 0 Å². The van der Waals surface area contributed by atoms with Crippen LogP contribution in [-0.4, -0.2) is 36.1 Å². The van der Waals surface area contributed by atoms with E-state index in [9.17, 15) is 4.79 Å². The molecule has 0 saturated carbocycles. The van der Waals surface area contributed by atoms with Crippen molar-refractivity contribution in [3.63, 3.8) is 0 Å². The molecule has 0 spiro atoms. The lowest BCUT2D eigenvalue weighted by Gasteiger charge is -2.35. The molecule has 0 aromatic heterocycles. The molecule has 2 atom stereocenters. The van der Waals surface area contributed by atoms with Gasteiger partial charge in [-0.1, -0.05) is 18.2 Å². The van der Waals surface area contributed by atoms with Crippen LogP contribution in [0.2, 0.25) is 0 Å². The fraction of sp³-hybridized carbons (Fsp3) is 0.333. The monoisotopic (exact) mass is 350 g/mol. The Morgan fingerprint density at radius 2 is 1.81 bits per heavy atom. The second kappa shape index (κ2) is 8.03. The van der Waals surface area contributed by atoms with Crippen LogP contribution in [0.5, 0.6) is 5.75 Å². The SMILES string of the molecule is CC1CN(C(=O)c2ccc(OCc3ccccc3C#N)cc2)CC(C)O1. The highest BCUT2D eigenvalue weighted by molar-refractivity contribution is 5.94. The Morgan fingerprint density at radius 3 is 2.46 bits per heavy atom. The Bertz CT molecular complexity index is 801. The van der Waals surface area contributed by atoms with Gasteiger partial charge in [0.15, 0.2) is 0 Å². The molecule has 3 rings (SSSR count). The number of carbonyl (C=O) groups is 1. The number of amides is 1. The first-order valence-corrected chi connectivity index (χ1v) is 8.72. The first kappa shape index (κ1) is 18.0. The molecule has 0 aliphatic carbocycles. The maximum Gasteiger partial charge on any atom is 0.254 e. The smallest absolute Gasteiger partial charge is 0.254 e. The van der Waals surface area contributed by atoms with Gasteiger partial charge in [-0.15, -0.1) is 0 Å². The van der Waals surface area contributed by atoms with Crippen LogP contribution in [0.4, 0.5) is 0 Å². The minimum absolute atomic E-state index is 0.00776. The summed E-state index contributed by atoms with van der Waals surface area (Å²) in [6, 6.07) is 16.6. The predicted octanol–water partition coefficient (Wildman–Crippen LogP) is 3.39. The number of nitriles is 1. The van der Waals surface area contributed by atoms with E-state index in [4.69, 9.17) is 14.7 Å². The van der Waals surface area contributed by atoms with Crippen molar-refractivity contribution in [2.45, 2.75) is 32.7 Å². The minimum atomic E-state index is 0.00776. The van der Waals surface area contributed by atoms with E-state index < -0.39 is 0 Å². The zero-order valence-electron chi connectivity index (χ0n) is 15.0. The molecule has 1 fully saturated rings. The van der Waals surface area contributed by atoms with E-state index in [0.717, 1.165) is 5.56 Å². The summed E-state index contributed by atoms with van der Waals surface area (Å²) in [4.78, 5) is 14.5. The average molecular weight is 350 g/mol. The van der Waals surface area contributed by atoms with Crippen molar-refractivity contribution >= 4 is 5.91 Å². The van der Waals surface area contributed by atoms with Crippen molar-refractivity contribution in [1.82, 2.24) is 4.90 Å². The van der Waals surface area contributed by atoms with Crippen LogP contribution < -0.4 is 4.74 Å². The molecule has 2 aromatic rings. The Balaban J connectivity index is 1.63. The number of hydrogen-bond donors (Lipinski definition) is 0. The van der Waals surface area contributed by atoms with Crippen LogP contribution >= 0.6 is 0 Å². The number of carbonyl (C=O) groups excluding carboxylic acids is 1. The number of hydrogen-bond acceptors (Lipinski definition) is 4. The van der Waals surface area contributed by atoms with Gasteiger partial charge in [-0.05, 0) is 44.2 Å². The summed E-state index contributed by atoms with van der Waals surface area (Å²) in [5.74, 6) is 0.673. The topological polar surface area (TPSA) is 62.6 Å². The molecule has 2 unspecified atom stereocenters. The molecule has 1 aliphatic rings. The number of morpholine rings is 1. The molecule has 0 N–H and O–H groups in total. The van der Waals surface area contributed by atoms with Crippen LogP contribution in [0.25, 0.3) is 0 Å². The maximum atomic E-state index is 12.7. The van der Waals surface area contributed by atoms with E-state index in [1.165, 1.54) is 0 Å². The highest BCUT2D eigenvalue weighted by Gasteiger charge is 2.26. The first-order valence-electron chi connectivity index (χ1n) is 8.72. The number of rotatable bonds is 4. The molecular formula is C21H22N2O3. The third-order valence-electron chi connectivity index (χ3n) is 4.34. The molecule has 1 saturated heterocycles. The fourth-order valence-corrected chi connectivity index (χ4v) is 3.14. The van der Waals surface area contributed by atoms with Crippen LogP contribution in [-0.2, 0) is 11.3 Å². The fourth-order valence-electron chi connectivity index (χ4n) is 3.14. The third kappa shape index (κ3) is 4.22. The normalized spacial score (nSPS) is 19.7. The molecule has 134 valence electrons. The van der Waals surface area contributed by atoms with Gasteiger partial charge in [0.05, 0.1) is 23.8 Å². The lowest BCUT2D eigenvalue weighted by molar-refractivity contribution is -0.0586. The van der Waals surface area contributed by atoms with Crippen molar-refractivity contribution < 1.29 is 14.3 Å². The second-order valence-electron chi connectivity index (χ2n) is 6.55. The zero-order chi connectivity index (χ0) is 18.5. The summed E-state index contributed by atoms with van der Waals surface area (Å²) in [7, 11) is 0. The quantitative estimate of drug-likeness (QED) is 0.848. The Kier molecular flexibility index (Phi) is 5.55. The number of benzene rings is 2. The standard InChI is InChI=1S/C21H22N2O3/c1-15-12-23(13-16(2)26-15)21(24)17-7-9-20(10-8-17)25-14-19-6-4-3-5-18(19)11-22/h3-10,15-16H,12-14H2,1-2H3. The van der Waals surface area contributed by atoms with Crippen LogP contribution in [0.1, 0.15) is 35.3 Å². The van der Waals surface area contributed by atoms with Crippen molar-refractivity contribution in [3.8, 4) is 11.8 Å². The third-order valence-corrected chi connectivity index (χ3v) is 4.34. The van der Waals surface area contributed by atoms with Crippen LogP contribution in [0.15, 0.2) is 48.5 Å². The second-order valence-corrected chi connectivity index (χ2v) is 6.55. The Hall–Kier alpha value is -2.84. The number of nitrogens with zero attached hydrogens (tertiary/aromatic N) is 2. The van der Waals surface area contributed by atoms with Gasteiger partial charge in [-0.2, -0.15) is 5.26 Å². The molecule has 1 heterocycles. The highest BCUT2D eigenvalue weighted by Crippen LogP contribution is 2.19. The van der Waals surface area contributed by atoms with Gasteiger partial charge in [-0.3, -0.25) is 4.79 Å². The average Bonchev–Trinajstić information content (AvgIpc) is 2.65. The lowest BCUT2D eigenvalue weighted by atomic mass is 10.1. The Labute approximate surface area is 153 Å². The van der Waals surface area contributed by atoms with Gasteiger partial charge in [-0.25, -0.2) is 0 Å². The molecule has 0 bridgehead atoms. The summed E-state index contributed by atoms with van der Waals surface area (Å²) in [5, 5.41) is 9.12. The molecule has 1 amide bonds. The van der Waals surface area contributed by atoms with Crippen molar-refractivity contribution in [2.24, 2.45) is 0 Å². The van der Waals surface area contributed by atoms with Crippen LogP contribution in [0.3, 0.4) is 0 Å². The van der Waals surface area contributed by atoms with Crippen molar-refractivity contribution in [3.05, 3.63) is 65.2 Å². The summed E-state index contributed by atoms with van der Waals surface area (Å²) in [5.41, 5.74) is 2.08. The predicted molar refractivity (Wildman–Crippen MR) is 97.8 cm³/mol. The van der Waals surface area contributed by atoms with Crippen molar-refractivity contribution in [1.29, 1.82) is 5.26 Å². The van der Waals surface area contributed by atoms with E-state index in [1.54, 1.807) is 30.3 Å². The summed E-state index contributed by atoms with van der Waals surface area (Å²) < 4.78 is 11.4. The molecule has 2 aromatic carbocycles. The van der Waals surface area contributed by atoms with E-state index in [0.29, 0.717) is 36.6 Å². The first-order chi connectivity index (χ1) is 12.6. The van der Waals surface area contributed by atoms with Gasteiger partial charge >= 0.3 is 0 Å². The molecule has 1 aliphatic heterocycles. The van der Waals surface area contributed by atoms with E-state index in [2.05, 4.69) is 6.07 Å². The van der Waals surface area contributed by atoms with Crippen LogP contribution in [0, 0.1) is 11.3 Å². The van der Waals surface area contributed by atoms with E-state index in [1.807, 2.05) is 36.9 Å². The molecular weight excluding hydrogens is 328 g/mol. The maximum absolute atomic E-state index is 12.7. The highest BCUT2D eigenvalue weighted by atomic mass is 16.5. The molecule has 5 heteroatoms. The minimum Gasteiger partial charge on any atom is -0.489 e. The zero-order valence-corrected chi connectivity index (χ0v) is 15.0. The lowest BCUT2D eigenvalue weighted by Crippen LogP contribution is -2.48. The van der Waals surface area contributed by atoms with Crippen molar-refractivity contribution in [2.75, 3.05) is 13.1 Å². The summed E-state index contributed by atoms with van der Waals surface area (Å²) in [6.45, 7) is 5.48. The Morgan fingerprint density at radius 1 is 1.15 bits per heavy atom. The molecule has 5 nitrogen and oxygen atoms in total. The molecule has 26 heavy (non-hydrogen) atoms. The number of ether oxygens (including phenoxy) is 2. The van der Waals surface area contributed by atoms with E-state index in [-0.39, 0.29) is 18.1 Å². The summed E-state index contributed by atoms with van der Waals surface area (Å²) >= 11 is 0.